The maximum absolute atomic E-state index is 12.4. The molecule has 0 N–H and O–H groups in total. The molecule has 1 amide bonds. The van der Waals surface area contributed by atoms with Crippen LogP contribution in [-0.2, 0) is 4.79 Å². The van der Waals surface area contributed by atoms with E-state index in [-0.39, 0.29) is 12.0 Å². The van der Waals surface area contributed by atoms with Crippen LogP contribution in [0.3, 0.4) is 0 Å². The largest absolute Gasteiger partial charge is 0.458 e. The number of piperidine rings is 1. The molecule has 2 heterocycles. The van der Waals surface area contributed by atoms with E-state index in [1.54, 1.807) is 12.4 Å². The van der Waals surface area contributed by atoms with Crippen molar-refractivity contribution in [3.63, 3.8) is 0 Å². The third-order valence-electron chi connectivity index (χ3n) is 4.54. The second-order valence-electron chi connectivity index (χ2n) is 6.26. The van der Waals surface area contributed by atoms with Gasteiger partial charge >= 0.3 is 6.01 Å². The molecular weight excluding hydrogens is 346 g/mol. The number of hydrogen-bond acceptors (Lipinski definition) is 4. The van der Waals surface area contributed by atoms with Crippen molar-refractivity contribution in [2.75, 3.05) is 13.1 Å². The van der Waals surface area contributed by atoms with Gasteiger partial charge in [0, 0.05) is 25.4 Å². The Morgan fingerprint density at radius 2 is 1.95 bits per heavy atom. The molecule has 0 radical (unpaired) electrons. The molecule has 3 rings (SSSR count). The molecule has 0 bridgehead atoms. The van der Waals surface area contributed by atoms with Gasteiger partial charge in [0.15, 0.2) is 0 Å². The zero-order chi connectivity index (χ0) is 15.4. The summed E-state index contributed by atoms with van der Waals surface area (Å²) in [5.41, 5.74) is 0. The van der Waals surface area contributed by atoms with Crippen molar-refractivity contribution in [3.8, 4) is 6.01 Å². The first-order valence-electron chi connectivity index (χ1n) is 8.12. The average molecular weight is 368 g/mol. The summed E-state index contributed by atoms with van der Waals surface area (Å²) >= 11 is 3.31. The molecule has 0 spiro atoms. The third-order valence-corrected chi connectivity index (χ3v) is 4.95. The number of likely N-dealkylation sites (tertiary alicyclic amines) is 1. The second kappa shape index (κ2) is 7.40. The Morgan fingerprint density at radius 1 is 1.23 bits per heavy atom. The molecule has 1 aromatic heterocycles. The van der Waals surface area contributed by atoms with Gasteiger partial charge in [0.1, 0.15) is 6.10 Å². The van der Waals surface area contributed by atoms with Crippen LogP contribution in [0.5, 0.6) is 6.01 Å². The summed E-state index contributed by atoms with van der Waals surface area (Å²) in [5.74, 6) is 0.889. The fourth-order valence-corrected chi connectivity index (χ4v) is 3.57. The summed E-state index contributed by atoms with van der Waals surface area (Å²) in [5, 5.41) is 0. The van der Waals surface area contributed by atoms with E-state index in [0.717, 1.165) is 23.9 Å². The highest BCUT2D eigenvalue weighted by molar-refractivity contribution is 9.10. The molecule has 1 aliphatic heterocycles. The molecule has 1 saturated heterocycles. The average Bonchev–Trinajstić information content (AvgIpc) is 3.03. The van der Waals surface area contributed by atoms with Crippen LogP contribution in [0.25, 0.3) is 0 Å². The number of halogens is 1. The lowest BCUT2D eigenvalue weighted by molar-refractivity contribution is -0.134. The van der Waals surface area contributed by atoms with E-state index in [0.29, 0.717) is 24.9 Å². The van der Waals surface area contributed by atoms with Crippen LogP contribution in [-0.4, -0.2) is 40.0 Å². The van der Waals surface area contributed by atoms with Crippen LogP contribution in [0.4, 0.5) is 0 Å². The van der Waals surface area contributed by atoms with Crippen LogP contribution < -0.4 is 4.74 Å². The van der Waals surface area contributed by atoms with E-state index in [1.807, 2.05) is 4.90 Å². The van der Waals surface area contributed by atoms with E-state index in [2.05, 4.69) is 25.9 Å². The smallest absolute Gasteiger partial charge is 0.316 e. The number of nitrogens with zero attached hydrogens (tertiary/aromatic N) is 3. The van der Waals surface area contributed by atoms with Crippen LogP contribution >= 0.6 is 15.9 Å². The highest BCUT2D eigenvalue weighted by Crippen LogP contribution is 2.28. The van der Waals surface area contributed by atoms with Crippen molar-refractivity contribution < 1.29 is 9.53 Å². The molecule has 22 heavy (non-hydrogen) atoms. The first-order valence-corrected chi connectivity index (χ1v) is 8.92. The Labute approximate surface area is 139 Å². The highest BCUT2D eigenvalue weighted by Gasteiger charge is 2.27. The van der Waals surface area contributed by atoms with Crippen molar-refractivity contribution in [2.45, 2.75) is 51.0 Å². The summed E-state index contributed by atoms with van der Waals surface area (Å²) < 4.78 is 6.65. The minimum Gasteiger partial charge on any atom is -0.458 e. The third kappa shape index (κ3) is 4.18. The zero-order valence-corrected chi connectivity index (χ0v) is 14.3. The van der Waals surface area contributed by atoms with E-state index in [9.17, 15) is 4.79 Å². The maximum atomic E-state index is 12.4. The standard InChI is InChI=1S/C16H22BrN3O2/c17-13-9-18-16(19-10-13)22-14-6-3-7-20(11-14)15(21)8-12-4-1-2-5-12/h9-10,12,14H,1-8,11H2. The second-order valence-corrected chi connectivity index (χ2v) is 7.18. The molecule has 2 aliphatic rings. The van der Waals surface area contributed by atoms with Gasteiger partial charge in [-0.15, -0.1) is 0 Å². The molecule has 2 fully saturated rings. The molecule has 120 valence electrons. The SMILES string of the molecule is O=C(CC1CCCC1)N1CCCC(Oc2ncc(Br)cn2)C1. The Bertz CT molecular complexity index is 503. The van der Waals surface area contributed by atoms with Gasteiger partial charge in [0.25, 0.3) is 0 Å². The summed E-state index contributed by atoms with van der Waals surface area (Å²) in [6, 6.07) is 0.387. The monoisotopic (exact) mass is 367 g/mol. The van der Waals surface area contributed by atoms with Crippen LogP contribution in [0, 0.1) is 5.92 Å². The lowest BCUT2D eigenvalue weighted by atomic mass is 10.0. The van der Waals surface area contributed by atoms with Gasteiger partial charge in [-0.05, 0) is 47.5 Å². The van der Waals surface area contributed by atoms with Crippen LogP contribution in [0.2, 0.25) is 0 Å². The molecule has 1 aliphatic carbocycles. The molecule has 6 heteroatoms. The van der Waals surface area contributed by atoms with Crippen molar-refractivity contribution in [2.24, 2.45) is 5.92 Å². The summed E-state index contributed by atoms with van der Waals surface area (Å²) in [6.07, 6.45) is 11.0. The van der Waals surface area contributed by atoms with Crippen molar-refractivity contribution in [1.29, 1.82) is 0 Å². The molecule has 1 saturated carbocycles. The summed E-state index contributed by atoms with van der Waals surface area (Å²) in [7, 11) is 0. The first kappa shape index (κ1) is 15.7. The number of ether oxygens (including phenoxy) is 1. The molecule has 1 atom stereocenters. The van der Waals surface area contributed by atoms with Crippen molar-refractivity contribution in [1.82, 2.24) is 14.9 Å². The minimum atomic E-state index is 0.00227. The van der Waals surface area contributed by atoms with Crippen molar-refractivity contribution >= 4 is 21.8 Å². The predicted molar refractivity (Wildman–Crippen MR) is 86.5 cm³/mol. The fourth-order valence-electron chi connectivity index (χ4n) is 3.36. The fraction of sp³-hybridized carbons (Fsp3) is 0.688. The zero-order valence-electron chi connectivity index (χ0n) is 12.7. The van der Waals surface area contributed by atoms with Crippen molar-refractivity contribution in [3.05, 3.63) is 16.9 Å². The lowest BCUT2D eigenvalue weighted by Crippen LogP contribution is -2.44. The number of amides is 1. The Kier molecular flexibility index (Phi) is 5.28. The van der Waals surface area contributed by atoms with Gasteiger partial charge in [-0.3, -0.25) is 4.79 Å². The van der Waals surface area contributed by atoms with Gasteiger partial charge in [-0.1, -0.05) is 12.8 Å². The first-order chi connectivity index (χ1) is 10.7. The van der Waals surface area contributed by atoms with Gasteiger partial charge in [0.2, 0.25) is 5.91 Å². The van der Waals surface area contributed by atoms with Gasteiger partial charge < -0.3 is 9.64 Å². The van der Waals surface area contributed by atoms with E-state index in [1.165, 1.54) is 25.7 Å². The number of carbonyl (C=O) groups excluding carboxylic acids is 1. The minimum absolute atomic E-state index is 0.00227. The lowest BCUT2D eigenvalue weighted by Gasteiger charge is -2.33. The highest BCUT2D eigenvalue weighted by atomic mass is 79.9. The molecule has 1 aromatic rings. The van der Waals surface area contributed by atoms with Crippen LogP contribution in [0.1, 0.15) is 44.9 Å². The Morgan fingerprint density at radius 3 is 2.68 bits per heavy atom. The van der Waals surface area contributed by atoms with E-state index in [4.69, 9.17) is 4.74 Å². The van der Waals surface area contributed by atoms with E-state index >= 15 is 0 Å². The molecular formula is C16H22BrN3O2. The Balaban J connectivity index is 1.52. The summed E-state index contributed by atoms with van der Waals surface area (Å²) in [6.45, 7) is 1.51. The topological polar surface area (TPSA) is 55.3 Å². The number of rotatable bonds is 4. The summed E-state index contributed by atoms with van der Waals surface area (Å²) in [4.78, 5) is 22.7. The number of aromatic nitrogens is 2. The maximum Gasteiger partial charge on any atom is 0.316 e. The van der Waals surface area contributed by atoms with Gasteiger partial charge in [-0.25, -0.2) is 9.97 Å². The predicted octanol–water partition coefficient (Wildman–Crippen LogP) is 3.19. The molecule has 0 aromatic carbocycles. The quantitative estimate of drug-likeness (QED) is 0.819. The number of hydrogen-bond donors (Lipinski definition) is 0. The number of carbonyl (C=O) groups is 1. The Hall–Kier alpha value is -1.17. The van der Waals surface area contributed by atoms with Gasteiger partial charge in [0.05, 0.1) is 11.0 Å². The van der Waals surface area contributed by atoms with Gasteiger partial charge in [-0.2, -0.15) is 0 Å². The normalized spacial score (nSPS) is 22.8. The molecule has 1 unspecified atom stereocenters. The van der Waals surface area contributed by atoms with E-state index < -0.39 is 0 Å². The van der Waals surface area contributed by atoms with Crippen LogP contribution in [0.15, 0.2) is 16.9 Å². The molecule has 5 nitrogen and oxygen atoms in total.